The minimum Gasteiger partial charge on any atom is -0.544 e. The number of rotatable bonds is 28. The molecule has 0 aliphatic carbocycles. The molecular formula is C30H55NO6. The van der Waals surface area contributed by atoms with Gasteiger partial charge in [-0.05, 0) is 38.5 Å². The number of allylic oxidation sites excluding steroid dienone is 2. The number of carbonyl (C=O) groups excluding carboxylic acids is 1. The van der Waals surface area contributed by atoms with Crippen molar-refractivity contribution in [2.45, 2.75) is 135 Å². The summed E-state index contributed by atoms with van der Waals surface area (Å²) in [5.74, 6) is -3.82. The third-order valence-corrected chi connectivity index (χ3v) is 7.05. The van der Waals surface area contributed by atoms with Gasteiger partial charge in [0.2, 0.25) is 0 Å². The van der Waals surface area contributed by atoms with Crippen molar-refractivity contribution in [1.82, 2.24) is 0 Å². The first-order chi connectivity index (χ1) is 17.8. The van der Waals surface area contributed by atoms with Crippen LogP contribution < -0.4 is 5.11 Å². The zero-order valence-corrected chi connectivity index (χ0v) is 23.6. The predicted octanol–water partition coefficient (Wildman–Crippen LogP) is 6.10. The maximum absolute atomic E-state index is 11.2. The van der Waals surface area contributed by atoms with Gasteiger partial charge < -0.3 is 24.6 Å². The number of nitrogens with zero attached hydrogens (tertiary/aromatic N) is 1. The number of hydrogen-bond acceptors (Lipinski definition) is 4. The van der Waals surface area contributed by atoms with Crippen LogP contribution in [0, 0.1) is 0 Å². The molecule has 0 saturated carbocycles. The molecule has 0 unspecified atom stereocenters. The van der Waals surface area contributed by atoms with E-state index < -0.39 is 42.0 Å². The lowest BCUT2D eigenvalue weighted by Crippen LogP contribution is -2.59. The van der Waals surface area contributed by atoms with E-state index in [1.807, 2.05) is 0 Å². The molecule has 0 aromatic carbocycles. The second-order valence-corrected chi connectivity index (χ2v) is 10.8. The van der Waals surface area contributed by atoms with Crippen molar-refractivity contribution in [3.05, 3.63) is 12.2 Å². The van der Waals surface area contributed by atoms with Gasteiger partial charge in [-0.25, -0.2) is 9.59 Å². The summed E-state index contributed by atoms with van der Waals surface area (Å²) in [6, 6.07) is 0. The lowest BCUT2D eigenvalue weighted by molar-refractivity contribution is -0.909. The average Bonchev–Trinajstić information content (AvgIpc) is 2.81. The number of unbranched alkanes of at least 4 members (excludes halogenated alkanes) is 18. The first-order valence-electron chi connectivity index (χ1n) is 14.9. The Kier molecular flexibility index (Phi) is 23.2. The van der Waals surface area contributed by atoms with E-state index in [9.17, 15) is 19.5 Å². The van der Waals surface area contributed by atoms with Gasteiger partial charge in [-0.3, -0.25) is 0 Å². The van der Waals surface area contributed by atoms with Crippen molar-refractivity contribution in [2.24, 2.45) is 0 Å². The summed E-state index contributed by atoms with van der Waals surface area (Å²) in [5.41, 5.74) is 0. The Labute approximate surface area is 225 Å². The van der Waals surface area contributed by atoms with Gasteiger partial charge in [0.1, 0.15) is 6.54 Å². The van der Waals surface area contributed by atoms with Gasteiger partial charge in [0.05, 0.1) is 12.5 Å². The van der Waals surface area contributed by atoms with Crippen LogP contribution in [-0.4, -0.2) is 58.8 Å². The Morgan fingerprint density at radius 2 is 0.919 bits per heavy atom. The summed E-state index contributed by atoms with van der Waals surface area (Å²) in [5, 5.41) is 29.3. The maximum atomic E-state index is 11.2. The standard InChI is InChI=1S/C30H55NO6/c1-2-3-4-5-6-7-8-9-10-11-12-13-14-15-16-17-18-19-20-21-22-23-24-31(25-28(32)33,26-29(34)35)27-30(36)37/h14-15H,2-13,16-27H2,1H3,(H2-,32,33,34,35,36,37)/b15-14-. The Morgan fingerprint density at radius 3 is 1.27 bits per heavy atom. The third-order valence-electron chi connectivity index (χ3n) is 7.05. The van der Waals surface area contributed by atoms with E-state index in [0.717, 1.165) is 32.1 Å². The first-order valence-corrected chi connectivity index (χ1v) is 14.9. The van der Waals surface area contributed by atoms with E-state index in [-0.39, 0.29) is 6.54 Å². The van der Waals surface area contributed by atoms with Crippen LogP contribution in [0.25, 0.3) is 0 Å². The number of quaternary nitrogens is 1. The second kappa shape index (κ2) is 24.4. The fraction of sp³-hybridized carbons (Fsp3) is 0.833. The first kappa shape index (κ1) is 35.1. The van der Waals surface area contributed by atoms with Gasteiger partial charge in [-0.2, -0.15) is 0 Å². The molecule has 0 aliphatic heterocycles. The van der Waals surface area contributed by atoms with E-state index in [0.29, 0.717) is 6.42 Å². The number of carbonyl (C=O) groups is 3. The molecule has 0 radical (unpaired) electrons. The molecular weight excluding hydrogens is 470 g/mol. The second-order valence-electron chi connectivity index (χ2n) is 10.8. The molecule has 216 valence electrons. The molecule has 0 aliphatic rings. The van der Waals surface area contributed by atoms with Crippen LogP contribution >= 0.6 is 0 Å². The molecule has 0 fully saturated rings. The molecule has 0 atom stereocenters. The largest absolute Gasteiger partial charge is 0.544 e. The summed E-state index contributed by atoms with van der Waals surface area (Å²) in [6.07, 6.45) is 29.2. The minimum absolute atomic E-state index is 0.219. The van der Waals surface area contributed by atoms with E-state index in [1.54, 1.807) is 0 Å². The topological polar surface area (TPSA) is 115 Å². The van der Waals surface area contributed by atoms with Crippen molar-refractivity contribution < 1.29 is 34.2 Å². The van der Waals surface area contributed by atoms with Crippen LogP contribution in [0.4, 0.5) is 0 Å². The molecule has 0 aromatic rings. The van der Waals surface area contributed by atoms with Crippen LogP contribution in [0.15, 0.2) is 12.2 Å². The molecule has 7 heteroatoms. The molecule has 0 amide bonds. The zero-order valence-electron chi connectivity index (χ0n) is 23.6. The smallest absolute Gasteiger partial charge is 0.359 e. The Balaban J connectivity index is 3.68. The number of carboxylic acids is 3. The van der Waals surface area contributed by atoms with E-state index >= 15 is 0 Å². The van der Waals surface area contributed by atoms with Crippen molar-refractivity contribution in [2.75, 3.05) is 26.2 Å². The lowest BCUT2D eigenvalue weighted by Gasteiger charge is -2.36. The molecule has 0 aromatic heterocycles. The van der Waals surface area contributed by atoms with Crippen LogP contribution in [-0.2, 0) is 14.4 Å². The molecule has 0 rings (SSSR count). The Morgan fingerprint density at radius 1 is 0.568 bits per heavy atom. The van der Waals surface area contributed by atoms with E-state index in [4.69, 9.17) is 10.2 Å². The Hall–Kier alpha value is -1.89. The lowest BCUT2D eigenvalue weighted by atomic mass is 10.0. The molecule has 0 spiro atoms. The average molecular weight is 526 g/mol. The van der Waals surface area contributed by atoms with Crippen LogP contribution in [0.3, 0.4) is 0 Å². The van der Waals surface area contributed by atoms with Crippen LogP contribution in [0.5, 0.6) is 0 Å². The molecule has 7 nitrogen and oxygen atoms in total. The van der Waals surface area contributed by atoms with Crippen molar-refractivity contribution in [3.63, 3.8) is 0 Å². The number of aliphatic carboxylic acids is 3. The summed E-state index contributed by atoms with van der Waals surface area (Å²) in [4.78, 5) is 33.4. The van der Waals surface area contributed by atoms with Gasteiger partial charge in [0.25, 0.3) is 0 Å². The zero-order chi connectivity index (χ0) is 27.6. The molecule has 0 bridgehead atoms. The molecule has 0 heterocycles. The summed E-state index contributed by atoms with van der Waals surface area (Å²) < 4.78 is -0.501. The van der Waals surface area contributed by atoms with E-state index in [2.05, 4.69) is 19.1 Å². The highest BCUT2D eigenvalue weighted by Crippen LogP contribution is 2.15. The summed E-state index contributed by atoms with van der Waals surface area (Å²) >= 11 is 0. The van der Waals surface area contributed by atoms with Gasteiger partial charge in [0, 0.05) is 0 Å². The van der Waals surface area contributed by atoms with Crippen molar-refractivity contribution in [1.29, 1.82) is 0 Å². The van der Waals surface area contributed by atoms with Crippen LogP contribution in [0.1, 0.15) is 135 Å². The molecule has 37 heavy (non-hydrogen) atoms. The predicted molar refractivity (Wildman–Crippen MR) is 147 cm³/mol. The SMILES string of the molecule is CCCCCCCCCCCCC/C=C\CCCCCCCCC[N+](CC(=O)[O-])(CC(=O)O)CC(=O)O. The van der Waals surface area contributed by atoms with E-state index in [1.165, 1.54) is 89.9 Å². The Bertz CT molecular complexity index is 578. The monoisotopic (exact) mass is 525 g/mol. The van der Waals surface area contributed by atoms with Gasteiger partial charge in [0.15, 0.2) is 13.1 Å². The van der Waals surface area contributed by atoms with Crippen LogP contribution in [0.2, 0.25) is 0 Å². The fourth-order valence-electron chi connectivity index (χ4n) is 5.01. The van der Waals surface area contributed by atoms with Gasteiger partial charge >= 0.3 is 11.9 Å². The van der Waals surface area contributed by atoms with Crippen molar-refractivity contribution in [3.8, 4) is 0 Å². The van der Waals surface area contributed by atoms with Gasteiger partial charge in [-0.1, -0.05) is 109 Å². The van der Waals surface area contributed by atoms with Gasteiger partial charge in [-0.15, -0.1) is 0 Å². The third kappa shape index (κ3) is 24.2. The quantitative estimate of drug-likeness (QED) is 0.0724. The normalized spacial score (nSPS) is 11.8. The summed E-state index contributed by atoms with van der Waals surface area (Å²) in [7, 11) is 0. The van der Waals surface area contributed by atoms with Crippen molar-refractivity contribution >= 4 is 17.9 Å². The fourth-order valence-corrected chi connectivity index (χ4v) is 5.01. The highest BCUT2D eigenvalue weighted by Gasteiger charge is 2.33. The number of carboxylic acid groups (broad SMARTS) is 3. The molecule has 2 N–H and O–H groups in total. The number of hydrogen-bond donors (Lipinski definition) is 2. The maximum Gasteiger partial charge on any atom is 0.359 e. The summed E-state index contributed by atoms with van der Waals surface area (Å²) in [6.45, 7) is 0.851. The highest BCUT2D eigenvalue weighted by atomic mass is 16.4. The molecule has 0 saturated heterocycles. The highest BCUT2D eigenvalue weighted by molar-refractivity contribution is 5.72. The minimum atomic E-state index is -1.42.